The van der Waals surface area contributed by atoms with Gasteiger partial charge in [0.15, 0.2) is 4.34 Å². The Labute approximate surface area is 181 Å². The van der Waals surface area contributed by atoms with E-state index in [1.165, 1.54) is 29.2 Å². The Hall–Kier alpha value is -3.11. The summed E-state index contributed by atoms with van der Waals surface area (Å²) in [6.07, 6.45) is 4.64. The molecular weight excluding hydrogens is 424 g/mol. The van der Waals surface area contributed by atoms with Gasteiger partial charge in [-0.3, -0.25) is 4.79 Å². The second kappa shape index (κ2) is 11.2. The molecule has 0 saturated heterocycles. The lowest BCUT2D eigenvalue weighted by molar-refractivity contribution is -0.137. The Morgan fingerprint density at radius 1 is 1.23 bits per heavy atom. The van der Waals surface area contributed by atoms with Gasteiger partial charge in [0.1, 0.15) is 5.76 Å². The molecule has 0 aliphatic carbocycles. The fourth-order valence-electron chi connectivity index (χ4n) is 2.27. The molecule has 8 nitrogen and oxygen atoms in total. The van der Waals surface area contributed by atoms with E-state index in [1.807, 2.05) is 12.1 Å². The fraction of sp³-hybridized carbons (Fsp3) is 0.200. The van der Waals surface area contributed by atoms with Crippen molar-refractivity contribution in [3.63, 3.8) is 0 Å². The summed E-state index contributed by atoms with van der Waals surface area (Å²) in [4.78, 5) is 23.5. The van der Waals surface area contributed by atoms with E-state index < -0.39 is 0 Å². The lowest BCUT2D eigenvalue weighted by atomic mass is 10.2. The Kier molecular flexibility index (Phi) is 8.04. The molecule has 0 radical (unpaired) electrons. The minimum Gasteiger partial charge on any atom is -0.467 e. The maximum absolute atomic E-state index is 12.2. The van der Waals surface area contributed by atoms with Crippen LogP contribution in [0.3, 0.4) is 0 Å². The molecule has 2 aromatic heterocycles. The van der Waals surface area contributed by atoms with Crippen LogP contribution in [0.4, 0.5) is 10.8 Å². The molecule has 1 aromatic carbocycles. The van der Waals surface area contributed by atoms with E-state index in [1.54, 1.807) is 43.5 Å². The number of carbonyl (C=O) groups is 2. The first-order valence-corrected chi connectivity index (χ1v) is 10.9. The van der Waals surface area contributed by atoms with Crippen LogP contribution in [-0.4, -0.2) is 34.4 Å². The third-order valence-electron chi connectivity index (χ3n) is 3.62. The molecule has 30 heavy (non-hydrogen) atoms. The van der Waals surface area contributed by atoms with Crippen LogP contribution in [0.2, 0.25) is 0 Å². The van der Waals surface area contributed by atoms with Crippen molar-refractivity contribution in [3.05, 3.63) is 60.1 Å². The highest BCUT2D eigenvalue weighted by Gasteiger charge is 2.09. The monoisotopic (exact) mass is 444 g/mol. The number of hydrogen-bond acceptors (Lipinski definition) is 9. The Balaban J connectivity index is 1.41. The summed E-state index contributed by atoms with van der Waals surface area (Å²) in [6.45, 7) is 2.62. The molecule has 3 rings (SSSR count). The number of thioether (sulfide) groups is 1. The van der Waals surface area contributed by atoms with Gasteiger partial charge in [-0.25, -0.2) is 4.79 Å². The zero-order valence-electron chi connectivity index (χ0n) is 16.2. The number of anilines is 2. The highest BCUT2D eigenvalue weighted by Crippen LogP contribution is 2.26. The predicted octanol–water partition coefficient (Wildman–Crippen LogP) is 4.05. The summed E-state index contributed by atoms with van der Waals surface area (Å²) in [5.41, 5.74) is 1.51. The number of carbonyl (C=O) groups excluding carboxylic acids is 2. The largest absolute Gasteiger partial charge is 0.467 e. The van der Waals surface area contributed by atoms with E-state index in [-0.39, 0.29) is 17.6 Å². The van der Waals surface area contributed by atoms with Crippen LogP contribution >= 0.6 is 23.1 Å². The molecule has 3 aromatic rings. The van der Waals surface area contributed by atoms with Crippen molar-refractivity contribution < 1.29 is 18.7 Å². The van der Waals surface area contributed by atoms with Gasteiger partial charge in [0.2, 0.25) is 11.0 Å². The molecule has 0 bridgehead atoms. The van der Waals surface area contributed by atoms with Gasteiger partial charge in [-0.05, 0) is 42.8 Å². The molecular formula is C20H20N4O4S2. The summed E-state index contributed by atoms with van der Waals surface area (Å²) >= 11 is 2.70. The van der Waals surface area contributed by atoms with Crippen molar-refractivity contribution in [3.8, 4) is 0 Å². The van der Waals surface area contributed by atoms with Crippen LogP contribution in [0.1, 0.15) is 18.2 Å². The Morgan fingerprint density at radius 3 is 2.80 bits per heavy atom. The minimum atomic E-state index is -0.386. The van der Waals surface area contributed by atoms with Crippen LogP contribution in [-0.2, 0) is 20.9 Å². The van der Waals surface area contributed by atoms with Gasteiger partial charge in [-0.2, -0.15) is 0 Å². The van der Waals surface area contributed by atoms with Gasteiger partial charge < -0.3 is 19.8 Å². The van der Waals surface area contributed by atoms with Gasteiger partial charge in [0.05, 0.1) is 25.2 Å². The van der Waals surface area contributed by atoms with Gasteiger partial charge >= 0.3 is 5.97 Å². The molecule has 0 unspecified atom stereocenters. The summed E-state index contributed by atoms with van der Waals surface area (Å²) < 4.78 is 10.8. The molecule has 0 fully saturated rings. The molecule has 2 heterocycles. The molecule has 0 spiro atoms. The first-order chi connectivity index (χ1) is 14.6. The fourth-order valence-corrected chi connectivity index (χ4v) is 3.82. The van der Waals surface area contributed by atoms with Crippen molar-refractivity contribution >= 4 is 51.9 Å². The second-order valence-corrected chi connectivity index (χ2v) is 8.05. The number of hydrogen-bond donors (Lipinski definition) is 2. The smallest absolute Gasteiger partial charge is 0.330 e. The van der Waals surface area contributed by atoms with Crippen LogP contribution in [0, 0.1) is 0 Å². The summed E-state index contributed by atoms with van der Waals surface area (Å²) in [5, 5.41) is 14.7. The third-order valence-corrected chi connectivity index (χ3v) is 5.63. The van der Waals surface area contributed by atoms with Crippen molar-refractivity contribution in [1.29, 1.82) is 0 Å². The number of furan rings is 1. The van der Waals surface area contributed by atoms with E-state index in [2.05, 4.69) is 20.8 Å². The maximum atomic E-state index is 12.2. The quantitative estimate of drug-likeness (QED) is 0.274. The lowest BCUT2D eigenvalue weighted by Crippen LogP contribution is -2.13. The van der Waals surface area contributed by atoms with E-state index >= 15 is 0 Å². The average Bonchev–Trinajstić information content (AvgIpc) is 3.42. The second-order valence-electron chi connectivity index (χ2n) is 5.85. The van der Waals surface area contributed by atoms with Crippen LogP contribution < -0.4 is 10.6 Å². The predicted molar refractivity (Wildman–Crippen MR) is 117 cm³/mol. The van der Waals surface area contributed by atoms with Gasteiger partial charge in [0.25, 0.3) is 0 Å². The normalized spacial score (nSPS) is 10.8. The SMILES string of the molecule is CCOC(=O)/C=C/c1ccc(NC(=O)CSc2nnc(NCc3ccco3)s2)cc1. The van der Waals surface area contributed by atoms with Crippen molar-refractivity contribution in [2.24, 2.45) is 0 Å². The van der Waals surface area contributed by atoms with E-state index in [0.717, 1.165) is 11.3 Å². The Bertz CT molecular complexity index is 985. The number of rotatable bonds is 10. The van der Waals surface area contributed by atoms with Crippen molar-refractivity contribution in [1.82, 2.24) is 10.2 Å². The molecule has 156 valence electrons. The van der Waals surface area contributed by atoms with Crippen LogP contribution in [0.15, 0.2) is 57.5 Å². The number of benzene rings is 1. The topological polar surface area (TPSA) is 106 Å². The number of nitrogens with one attached hydrogen (secondary N) is 2. The highest BCUT2D eigenvalue weighted by molar-refractivity contribution is 8.01. The number of esters is 1. The van der Waals surface area contributed by atoms with Gasteiger partial charge in [-0.15, -0.1) is 10.2 Å². The third kappa shape index (κ3) is 7.05. The van der Waals surface area contributed by atoms with Crippen molar-refractivity contribution in [2.75, 3.05) is 23.0 Å². The first kappa shape index (κ1) is 21.6. The van der Waals surface area contributed by atoms with Gasteiger partial charge in [0, 0.05) is 11.8 Å². The molecule has 0 aliphatic rings. The first-order valence-electron chi connectivity index (χ1n) is 9.09. The van der Waals surface area contributed by atoms with Crippen LogP contribution in [0.5, 0.6) is 0 Å². The standard InChI is InChI=1S/C20H20N4O4S2/c1-2-27-18(26)10-7-14-5-8-15(9-6-14)22-17(25)13-29-20-24-23-19(30-20)21-12-16-4-3-11-28-16/h3-11H,2,12-13H2,1H3,(H,21,23)(H,22,25)/b10-7+. The maximum Gasteiger partial charge on any atom is 0.330 e. The van der Waals surface area contributed by atoms with E-state index in [0.29, 0.717) is 28.3 Å². The molecule has 0 aliphatic heterocycles. The molecule has 1 amide bonds. The summed E-state index contributed by atoms with van der Waals surface area (Å²) in [5.74, 6) is 0.497. The van der Waals surface area contributed by atoms with E-state index in [9.17, 15) is 9.59 Å². The zero-order chi connectivity index (χ0) is 21.2. The molecule has 0 atom stereocenters. The number of amides is 1. The lowest BCUT2D eigenvalue weighted by Gasteiger charge is -2.04. The molecule has 0 saturated carbocycles. The van der Waals surface area contributed by atoms with Crippen molar-refractivity contribution in [2.45, 2.75) is 17.8 Å². The average molecular weight is 445 g/mol. The zero-order valence-corrected chi connectivity index (χ0v) is 17.8. The van der Waals surface area contributed by atoms with E-state index in [4.69, 9.17) is 9.15 Å². The van der Waals surface area contributed by atoms with Crippen LogP contribution in [0.25, 0.3) is 6.08 Å². The number of aromatic nitrogens is 2. The highest BCUT2D eigenvalue weighted by atomic mass is 32.2. The minimum absolute atomic E-state index is 0.143. The summed E-state index contributed by atoms with van der Waals surface area (Å²) in [6, 6.07) is 10.9. The summed E-state index contributed by atoms with van der Waals surface area (Å²) in [7, 11) is 0. The molecule has 10 heteroatoms. The Morgan fingerprint density at radius 2 is 2.07 bits per heavy atom. The molecule has 2 N–H and O–H groups in total. The van der Waals surface area contributed by atoms with Gasteiger partial charge in [-0.1, -0.05) is 35.2 Å². The number of nitrogens with zero attached hydrogens (tertiary/aromatic N) is 2. The number of ether oxygens (including phenoxy) is 1.